The zero-order valence-electron chi connectivity index (χ0n) is 11.7. The minimum absolute atomic E-state index is 0.0421. The van der Waals surface area contributed by atoms with Gasteiger partial charge in [0, 0.05) is 31.9 Å². The topological polar surface area (TPSA) is 58.4 Å². The fourth-order valence-electron chi connectivity index (χ4n) is 2.39. The van der Waals surface area contributed by atoms with Crippen LogP contribution in [0.1, 0.15) is 0 Å². The molecule has 0 bridgehead atoms. The molecule has 6 nitrogen and oxygen atoms in total. The van der Waals surface area contributed by atoms with Crippen molar-refractivity contribution in [2.45, 2.75) is 5.03 Å². The first-order chi connectivity index (χ1) is 9.89. The SMILES string of the molecule is CN1CCN(S(=O)(=O)c2ccn(C)n2)c2cc(Cl)ccc21. The molecule has 0 radical (unpaired) electrons. The van der Waals surface area contributed by atoms with Gasteiger partial charge in [-0.2, -0.15) is 13.5 Å². The molecule has 0 N–H and O–H groups in total. The number of nitrogens with zero attached hydrogens (tertiary/aromatic N) is 4. The minimum atomic E-state index is -3.68. The van der Waals surface area contributed by atoms with Crippen molar-refractivity contribution in [3.8, 4) is 0 Å². The average Bonchev–Trinajstić information content (AvgIpc) is 2.86. The summed E-state index contributed by atoms with van der Waals surface area (Å²) in [5.74, 6) is 0. The smallest absolute Gasteiger partial charge is 0.283 e. The summed E-state index contributed by atoms with van der Waals surface area (Å²) < 4.78 is 28.4. The van der Waals surface area contributed by atoms with Crippen molar-refractivity contribution in [1.82, 2.24) is 9.78 Å². The van der Waals surface area contributed by atoms with Gasteiger partial charge < -0.3 is 4.90 Å². The van der Waals surface area contributed by atoms with Crippen LogP contribution in [0.2, 0.25) is 5.02 Å². The molecule has 0 saturated carbocycles. The zero-order valence-corrected chi connectivity index (χ0v) is 13.3. The Bertz CT molecular complexity index is 787. The number of fused-ring (bicyclic) bond motifs is 1. The van der Waals surface area contributed by atoms with Crippen LogP contribution in [0.25, 0.3) is 0 Å². The lowest BCUT2D eigenvalue weighted by atomic mass is 10.2. The van der Waals surface area contributed by atoms with Crippen molar-refractivity contribution in [2.24, 2.45) is 7.05 Å². The van der Waals surface area contributed by atoms with Gasteiger partial charge in [-0.05, 0) is 24.3 Å². The molecule has 3 rings (SSSR count). The highest BCUT2D eigenvalue weighted by Crippen LogP contribution is 2.37. The quantitative estimate of drug-likeness (QED) is 0.843. The zero-order chi connectivity index (χ0) is 15.2. The van der Waals surface area contributed by atoms with Gasteiger partial charge in [0.15, 0.2) is 5.03 Å². The normalized spacial score (nSPS) is 15.2. The van der Waals surface area contributed by atoms with Gasteiger partial charge in [-0.1, -0.05) is 11.6 Å². The Morgan fingerprint density at radius 3 is 2.57 bits per heavy atom. The van der Waals surface area contributed by atoms with Crippen LogP contribution in [0.3, 0.4) is 0 Å². The van der Waals surface area contributed by atoms with Gasteiger partial charge in [0.05, 0.1) is 17.9 Å². The van der Waals surface area contributed by atoms with Crippen LogP contribution in [0, 0.1) is 0 Å². The third-order valence-electron chi connectivity index (χ3n) is 3.50. The third kappa shape index (κ3) is 2.36. The van der Waals surface area contributed by atoms with E-state index in [1.165, 1.54) is 15.1 Å². The number of hydrogen-bond acceptors (Lipinski definition) is 4. The highest BCUT2D eigenvalue weighted by molar-refractivity contribution is 7.92. The molecule has 0 atom stereocenters. The molecule has 1 aliphatic rings. The number of aromatic nitrogens is 2. The summed E-state index contributed by atoms with van der Waals surface area (Å²) in [4.78, 5) is 2.01. The van der Waals surface area contributed by atoms with E-state index in [1.807, 2.05) is 18.0 Å². The molecule has 112 valence electrons. The maximum absolute atomic E-state index is 12.8. The van der Waals surface area contributed by atoms with Crippen molar-refractivity contribution in [3.05, 3.63) is 35.5 Å². The Morgan fingerprint density at radius 1 is 1.14 bits per heavy atom. The second-order valence-electron chi connectivity index (χ2n) is 4.96. The first-order valence-electron chi connectivity index (χ1n) is 6.42. The molecule has 1 aromatic carbocycles. The summed E-state index contributed by atoms with van der Waals surface area (Å²) in [6, 6.07) is 6.76. The molecule has 0 amide bonds. The Labute approximate surface area is 128 Å². The molecule has 0 unspecified atom stereocenters. The largest absolute Gasteiger partial charge is 0.371 e. The van der Waals surface area contributed by atoms with Crippen LogP contribution in [0.5, 0.6) is 0 Å². The molecule has 1 aromatic heterocycles. The first-order valence-corrected chi connectivity index (χ1v) is 8.24. The lowest BCUT2D eigenvalue weighted by molar-refractivity contribution is 0.581. The van der Waals surface area contributed by atoms with Crippen LogP contribution >= 0.6 is 11.6 Å². The maximum Gasteiger partial charge on any atom is 0.283 e. The molecule has 2 heterocycles. The number of benzene rings is 1. The number of hydrogen-bond donors (Lipinski definition) is 0. The van der Waals surface area contributed by atoms with Crippen LogP contribution in [0.15, 0.2) is 35.5 Å². The standard InChI is InChI=1S/C13H15ClN4O2S/c1-16-7-8-18(12-9-10(14)3-4-11(12)16)21(19,20)13-5-6-17(2)15-13/h3-6,9H,7-8H2,1-2H3. The van der Waals surface area contributed by atoms with E-state index in [-0.39, 0.29) is 5.03 Å². The van der Waals surface area contributed by atoms with Gasteiger partial charge in [-0.25, -0.2) is 0 Å². The monoisotopic (exact) mass is 326 g/mol. The van der Waals surface area contributed by atoms with Gasteiger partial charge in [0.2, 0.25) is 0 Å². The second kappa shape index (κ2) is 4.92. The fraction of sp³-hybridized carbons (Fsp3) is 0.308. The van der Waals surface area contributed by atoms with Gasteiger partial charge in [-0.3, -0.25) is 8.99 Å². The summed E-state index contributed by atoms with van der Waals surface area (Å²) in [7, 11) is -0.0624. The summed E-state index contributed by atoms with van der Waals surface area (Å²) in [6.07, 6.45) is 1.61. The summed E-state index contributed by atoms with van der Waals surface area (Å²) in [6.45, 7) is 0.976. The molecule has 0 spiro atoms. The van der Waals surface area contributed by atoms with Crippen LogP contribution < -0.4 is 9.21 Å². The van der Waals surface area contributed by atoms with E-state index in [0.29, 0.717) is 23.8 Å². The number of rotatable bonds is 2. The molecule has 21 heavy (non-hydrogen) atoms. The van der Waals surface area contributed by atoms with Crippen molar-refractivity contribution in [3.63, 3.8) is 0 Å². The molecule has 0 fully saturated rings. The van der Waals surface area contributed by atoms with Gasteiger partial charge in [-0.15, -0.1) is 0 Å². The molecule has 0 aliphatic carbocycles. The van der Waals surface area contributed by atoms with Gasteiger partial charge in [0.25, 0.3) is 10.0 Å². The number of sulfonamides is 1. The lowest BCUT2D eigenvalue weighted by Crippen LogP contribution is -2.42. The van der Waals surface area contributed by atoms with Crippen molar-refractivity contribution in [2.75, 3.05) is 29.3 Å². The van der Waals surface area contributed by atoms with Crippen molar-refractivity contribution >= 4 is 33.0 Å². The minimum Gasteiger partial charge on any atom is -0.371 e. The molecule has 0 saturated heterocycles. The van der Waals surface area contributed by atoms with E-state index in [2.05, 4.69) is 5.10 Å². The highest BCUT2D eigenvalue weighted by atomic mass is 35.5. The average molecular weight is 327 g/mol. The van der Waals surface area contributed by atoms with E-state index in [0.717, 1.165) is 5.69 Å². The van der Waals surface area contributed by atoms with E-state index in [9.17, 15) is 8.42 Å². The maximum atomic E-state index is 12.8. The third-order valence-corrected chi connectivity index (χ3v) is 5.44. The first kappa shape index (κ1) is 14.2. The number of aryl methyl sites for hydroxylation is 1. The Morgan fingerprint density at radius 2 is 1.90 bits per heavy atom. The Kier molecular flexibility index (Phi) is 3.33. The summed E-state index contributed by atoms with van der Waals surface area (Å²) in [5, 5.41) is 4.56. The van der Waals surface area contributed by atoms with Crippen molar-refractivity contribution < 1.29 is 8.42 Å². The molecule has 1 aliphatic heterocycles. The molecule has 8 heteroatoms. The molecule has 2 aromatic rings. The van der Waals surface area contributed by atoms with Crippen LogP contribution in [-0.2, 0) is 17.1 Å². The van der Waals surface area contributed by atoms with Crippen molar-refractivity contribution in [1.29, 1.82) is 0 Å². The Hall–Kier alpha value is -1.73. The lowest BCUT2D eigenvalue weighted by Gasteiger charge is -2.35. The summed E-state index contributed by atoms with van der Waals surface area (Å²) in [5.41, 5.74) is 1.42. The van der Waals surface area contributed by atoms with E-state index in [4.69, 9.17) is 11.6 Å². The summed E-state index contributed by atoms with van der Waals surface area (Å²) >= 11 is 6.03. The second-order valence-corrected chi connectivity index (χ2v) is 7.21. The fourth-order valence-corrected chi connectivity index (χ4v) is 3.98. The van der Waals surface area contributed by atoms with Gasteiger partial charge in [0.1, 0.15) is 0 Å². The van der Waals surface area contributed by atoms with Crippen LogP contribution in [-0.4, -0.2) is 38.3 Å². The highest BCUT2D eigenvalue weighted by Gasteiger charge is 2.32. The number of anilines is 2. The van der Waals surface area contributed by atoms with E-state index >= 15 is 0 Å². The Balaban J connectivity index is 2.12. The van der Waals surface area contributed by atoms with Gasteiger partial charge >= 0.3 is 0 Å². The predicted molar refractivity (Wildman–Crippen MR) is 82.5 cm³/mol. The van der Waals surface area contributed by atoms with E-state index in [1.54, 1.807) is 25.4 Å². The number of likely N-dealkylation sites (N-methyl/N-ethyl adjacent to an activating group) is 1. The molecular formula is C13H15ClN4O2S. The molecular weight excluding hydrogens is 312 g/mol. The number of halogens is 1. The van der Waals surface area contributed by atoms with E-state index < -0.39 is 10.0 Å². The predicted octanol–water partition coefficient (Wildman–Crippen LogP) is 1.72. The van der Waals surface area contributed by atoms with Crippen LogP contribution in [0.4, 0.5) is 11.4 Å².